The number of carbonyl (C=O) groups is 1. The Morgan fingerprint density at radius 1 is 1.00 bits per heavy atom. The Morgan fingerprint density at radius 3 is 2.04 bits per heavy atom. The van der Waals surface area contributed by atoms with Crippen molar-refractivity contribution in [3.8, 4) is 0 Å². The summed E-state index contributed by atoms with van der Waals surface area (Å²) in [6.07, 6.45) is 0. The van der Waals surface area contributed by atoms with E-state index < -0.39 is 15.9 Å². The Labute approximate surface area is 163 Å². The van der Waals surface area contributed by atoms with Crippen LogP contribution >= 0.6 is 23.2 Å². The smallest absolute Gasteiger partial charge is 0.266 e. The average molecular weight is 416 g/mol. The standard InChI is InChI=1S/C17H19Cl2N3O3S/c1-3-22(4-2)15-7-5-12(6-8-15)17(23)20-21-26(24,25)16-10-13(18)9-14(19)11-16/h5-11,21H,3-4H2,1-2H3,(H,20,23). The number of rotatable bonds is 7. The number of sulfonamides is 1. The highest BCUT2D eigenvalue weighted by Crippen LogP contribution is 2.22. The predicted molar refractivity (Wildman–Crippen MR) is 104 cm³/mol. The quantitative estimate of drug-likeness (QED) is 0.678. The molecule has 140 valence electrons. The lowest BCUT2D eigenvalue weighted by atomic mass is 10.2. The first-order chi connectivity index (χ1) is 12.3. The molecule has 0 saturated carbocycles. The molecule has 2 aromatic carbocycles. The number of amides is 1. The first-order valence-corrected chi connectivity index (χ1v) is 10.1. The number of hydrogen-bond acceptors (Lipinski definition) is 4. The van der Waals surface area contributed by atoms with Gasteiger partial charge in [0.2, 0.25) is 0 Å². The molecule has 0 saturated heterocycles. The van der Waals surface area contributed by atoms with Gasteiger partial charge < -0.3 is 4.90 Å². The molecule has 0 unspecified atom stereocenters. The second kappa shape index (κ2) is 8.73. The number of halogens is 2. The maximum Gasteiger partial charge on any atom is 0.266 e. The van der Waals surface area contributed by atoms with E-state index in [9.17, 15) is 13.2 Å². The molecule has 0 heterocycles. The van der Waals surface area contributed by atoms with Crippen LogP contribution in [0.25, 0.3) is 0 Å². The minimum atomic E-state index is -4.00. The van der Waals surface area contributed by atoms with Gasteiger partial charge in [-0.3, -0.25) is 10.2 Å². The maximum atomic E-state index is 12.2. The number of hydrogen-bond donors (Lipinski definition) is 2. The third-order valence-corrected chi connectivity index (χ3v) is 5.37. The number of benzene rings is 2. The summed E-state index contributed by atoms with van der Waals surface area (Å²) in [4.78, 5) is 16.2. The second-order valence-electron chi connectivity index (χ2n) is 5.38. The third-order valence-electron chi connectivity index (χ3n) is 3.70. The number of nitrogens with one attached hydrogen (secondary N) is 2. The minimum Gasteiger partial charge on any atom is -0.372 e. The number of hydrazine groups is 1. The average Bonchev–Trinajstić information content (AvgIpc) is 2.60. The van der Waals surface area contributed by atoms with Crippen LogP contribution in [0, 0.1) is 0 Å². The molecule has 2 N–H and O–H groups in total. The zero-order valence-corrected chi connectivity index (χ0v) is 16.6. The SMILES string of the molecule is CCN(CC)c1ccc(C(=O)NNS(=O)(=O)c2cc(Cl)cc(Cl)c2)cc1. The molecule has 6 nitrogen and oxygen atoms in total. The van der Waals surface area contributed by atoms with Crippen molar-refractivity contribution < 1.29 is 13.2 Å². The summed E-state index contributed by atoms with van der Waals surface area (Å²) >= 11 is 11.6. The largest absolute Gasteiger partial charge is 0.372 e. The normalized spacial score (nSPS) is 11.2. The van der Waals surface area contributed by atoms with Gasteiger partial charge in [0, 0.05) is 34.4 Å². The number of nitrogens with zero attached hydrogens (tertiary/aromatic N) is 1. The van der Waals surface area contributed by atoms with Crippen molar-refractivity contribution in [2.75, 3.05) is 18.0 Å². The molecule has 0 aliphatic rings. The van der Waals surface area contributed by atoms with Gasteiger partial charge in [0.25, 0.3) is 15.9 Å². The van der Waals surface area contributed by atoms with Gasteiger partial charge in [-0.15, -0.1) is 4.83 Å². The molecule has 9 heteroatoms. The summed E-state index contributed by atoms with van der Waals surface area (Å²) in [7, 11) is -4.00. The molecule has 2 rings (SSSR count). The van der Waals surface area contributed by atoms with Gasteiger partial charge in [-0.1, -0.05) is 23.2 Å². The summed E-state index contributed by atoms with van der Waals surface area (Å²) in [6, 6.07) is 10.8. The van der Waals surface area contributed by atoms with E-state index in [-0.39, 0.29) is 14.9 Å². The van der Waals surface area contributed by atoms with E-state index in [0.717, 1.165) is 18.8 Å². The van der Waals surface area contributed by atoms with Crippen LogP contribution in [-0.4, -0.2) is 27.4 Å². The Balaban J connectivity index is 2.08. The summed E-state index contributed by atoms with van der Waals surface area (Å²) in [5.74, 6) is -0.576. The van der Waals surface area contributed by atoms with Crippen molar-refractivity contribution in [2.24, 2.45) is 0 Å². The molecule has 0 aliphatic heterocycles. The number of carbonyl (C=O) groups excluding carboxylic acids is 1. The molecule has 1 amide bonds. The fraction of sp³-hybridized carbons (Fsp3) is 0.235. The van der Waals surface area contributed by atoms with Gasteiger partial charge in [0.1, 0.15) is 0 Å². The van der Waals surface area contributed by atoms with Gasteiger partial charge in [-0.05, 0) is 56.3 Å². The van der Waals surface area contributed by atoms with Crippen LogP contribution in [0.5, 0.6) is 0 Å². The Hall–Kier alpha value is -1.80. The van der Waals surface area contributed by atoms with E-state index in [1.54, 1.807) is 12.1 Å². The van der Waals surface area contributed by atoms with Gasteiger partial charge in [-0.2, -0.15) is 0 Å². The van der Waals surface area contributed by atoms with Crippen molar-refractivity contribution >= 4 is 44.8 Å². The van der Waals surface area contributed by atoms with Crippen molar-refractivity contribution in [3.63, 3.8) is 0 Å². The van der Waals surface area contributed by atoms with Crippen LogP contribution in [0.4, 0.5) is 5.69 Å². The molecule has 2 aromatic rings. The first kappa shape index (κ1) is 20.5. The predicted octanol–water partition coefficient (Wildman–Crippen LogP) is 3.46. The van der Waals surface area contributed by atoms with Crippen molar-refractivity contribution in [1.82, 2.24) is 10.3 Å². The highest BCUT2D eigenvalue weighted by molar-refractivity contribution is 7.89. The topological polar surface area (TPSA) is 78.5 Å². The lowest BCUT2D eigenvalue weighted by molar-refractivity contribution is 0.0945. The van der Waals surface area contributed by atoms with Crippen LogP contribution in [0.15, 0.2) is 47.4 Å². The summed E-state index contributed by atoms with van der Waals surface area (Å²) in [5.41, 5.74) is 3.49. The fourth-order valence-corrected chi connectivity index (χ4v) is 3.91. The molecule has 26 heavy (non-hydrogen) atoms. The molecule has 0 aromatic heterocycles. The minimum absolute atomic E-state index is 0.146. The maximum absolute atomic E-state index is 12.2. The van der Waals surface area contributed by atoms with E-state index in [4.69, 9.17) is 23.2 Å². The molecule has 0 spiro atoms. The molecule has 0 radical (unpaired) electrons. The van der Waals surface area contributed by atoms with Crippen LogP contribution in [-0.2, 0) is 10.0 Å². The van der Waals surface area contributed by atoms with E-state index in [0.29, 0.717) is 5.56 Å². The van der Waals surface area contributed by atoms with E-state index in [1.807, 2.05) is 30.8 Å². The highest BCUT2D eigenvalue weighted by Gasteiger charge is 2.17. The Kier molecular flexibility index (Phi) is 6.88. The summed E-state index contributed by atoms with van der Waals surface area (Å²) in [6.45, 7) is 5.79. The van der Waals surface area contributed by atoms with Crippen LogP contribution in [0.1, 0.15) is 24.2 Å². The molecule has 0 fully saturated rings. The van der Waals surface area contributed by atoms with E-state index in [2.05, 4.69) is 10.3 Å². The zero-order chi connectivity index (χ0) is 19.3. The second-order valence-corrected chi connectivity index (χ2v) is 7.94. The molecule has 0 atom stereocenters. The van der Waals surface area contributed by atoms with E-state index in [1.165, 1.54) is 18.2 Å². The van der Waals surface area contributed by atoms with Gasteiger partial charge in [0.15, 0.2) is 0 Å². The molecule has 0 bridgehead atoms. The van der Waals surface area contributed by atoms with E-state index >= 15 is 0 Å². The summed E-state index contributed by atoms with van der Waals surface area (Å²) < 4.78 is 24.5. The van der Waals surface area contributed by atoms with Gasteiger partial charge in [0.05, 0.1) is 4.90 Å². The van der Waals surface area contributed by atoms with Crippen LogP contribution in [0.3, 0.4) is 0 Å². The van der Waals surface area contributed by atoms with Crippen molar-refractivity contribution in [3.05, 3.63) is 58.1 Å². The zero-order valence-electron chi connectivity index (χ0n) is 14.3. The monoisotopic (exact) mass is 415 g/mol. The molecule has 0 aliphatic carbocycles. The van der Waals surface area contributed by atoms with Crippen molar-refractivity contribution in [2.45, 2.75) is 18.7 Å². The molecular weight excluding hydrogens is 397 g/mol. The van der Waals surface area contributed by atoms with Gasteiger partial charge >= 0.3 is 0 Å². The Morgan fingerprint density at radius 2 is 1.54 bits per heavy atom. The lowest BCUT2D eigenvalue weighted by Gasteiger charge is -2.21. The van der Waals surface area contributed by atoms with Crippen LogP contribution in [0.2, 0.25) is 10.0 Å². The van der Waals surface area contributed by atoms with Gasteiger partial charge in [-0.25, -0.2) is 8.42 Å². The first-order valence-electron chi connectivity index (χ1n) is 7.90. The number of anilines is 1. The fourth-order valence-electron chi connectivity index (χ4n) is 2.34. The Bertz CT molecular complexity index is 862. The highest BCUT2D eigenvalue weighted by atomic mass is 35.5. The van der Waals surface area contributed by atoms with Crippen LogP contribution < -0.4 is 15.2 Å². The van der Waals surface area contributed by atoms with Crippen molar-refractivity contribution in [1.29, 1.82) is 0 Å². The third kappa shape index (κ3) is 5.11. The molecular formula is C17H19Cl2N3O3S. The lowest BCUT2D eigenvalue weighted by Crippen LogP contribution is -2.41. The summed E-state index contributed by atoms with van der Waals surface area (Å²) in [5, 5.41) is 0.354.